The number of piperidine rings is 1. The molecular formula is C20H23F3N4O. The van der Waals surface area contributed by atoms with Crippen LogP contribution in [0.1, 0.15) is 47.1 Å². The fourth-order valence-corrected chi connectivity index (χ4v) is 3.21. The van der Waals surface area contributed by atoms with Gasteiger partial charge in [0.15, 0.2) is 0 Å². The third-order valence-corrected chi connectivity index (χ3v) is 5.00. The van der Waals surface area contributed by atoms with Crippen LogP contribution < -0.4 is 5.32 Å². The highest BCUT2D eigenvalue weighted by atomic mass is 19.4. The van der Waals surface area contributed by atoms with E-state index in [9.17, 15) is 18.0 Å². The molecule has 1 aliphatic rings. The Morgan fingerprint density at radius 2 is 1.75 bits per heavy atom. The monoisotopic (exact) mass is 392 g/mol. The van der Waals surface area contributed by atoms with Gasteiger partial charge in [-0.05, 0) is 43.0 Å². The molecule has 28 heavy (non-hydrogen) atoms. The number of rotatable bonds is 5. The van der Waals surface area contributed by atoms with Crippen molar-refractivity contribution in [2.24, 2.45) is 5.92 Å². The number of nitrogens with one attached hydrogen (secondary N) is 1. The third-order valence-electron chi connectivity index (χ3n) is 5.00. The van der Waals surface area contributed by atoms with Gasteiger partial charge in [0.25, 0.3) is 5.91 Å². The molecule has 1 aromatic carbocycles. The van der Waals surface area contributed by atoms with Crippen molar-refractivity contribution in [2.45, 2.75) is 39.0 Å². The average Bonchev–Trinajstić information content (AvgIpc) is 2.68. The van der Waals surface area contributed by atoms with Crippen molar-refractivity contribution in [3.05, 3.63) is 59.2 Å². The maximum Gasteiger partial charge on any atom is 0.451 e. The van der Waals surface area contributed by atoms with Gasteiger partial charge < -0.3 is 5.32 Å². The molecular weight excluding hydrogens is 369 g/mol. The number of likely N-dealkylation sites (tertiary alicyclic amines) is 1. The molecule has 1 aliphatic heterocycles. The first-order valence-electron chi connectivity index (χ1n) is 9.29. The minimum atomic E-state index is -4.62. The van der Waals surface area contributed by atoms with E-state index in [1.165, 1.54) is 12.8 Å². The molecule has 0 spiro atoms. The van der Waals surface area contributed by atoms with E-state index in [0.29, 0.717) is 6.54 Å². The van der Waals surface area contributed by atoms with Crippen LogP contribution in [0.15, 0.2) is 36.7 Å². The van der Waals surface area contributed by atoms with Gasteiger partial charge in [0, 0.05) is 25.5 Å². The Balaban J connectivity index is 1.60. The highest BCUT2D eigenvalue weighted by Gasteiger charge is 2.34. The fraction of sp³-hybridized carbons (Fsp3) is 0.450. The van der Waals surface area contributed by atoms with E-state index >= 15 is 0 Å². The highest BCUT2D eigenvalue weighted by Crippen LogP contribution is 2.25. The Morgan fingerprint density at radius 1 is 1.14 bits per heavy atom. The molecule has 1 aromatic heterocycles. The van der Waals surface area contributed by atoms with E-state index in [4.69, 9.17) is 0 Å². The normalized spacial score (nSPS) is 16.1. The van der Waals surface area contributed by atoms with Gasteiger partial charge in [-0.1, -0.05) is 31.2 Å². The molecule has 1 fully saturated rings. The standard InChI is InChI=1S/C20H23F3N4O/c1-14-6-8-27(9-7-14)13-16-5-3-2-4-15(16)10-24-18(28)17-11-25-19(26-12-17)20(21,22)23/h2-5,11-12,14H,6-10,13H2,1H3,(H,24,28). The second-order valence-electron chi connectivity index (χ2n) is 7.20. The van der Waals surface area contributed by atoms with E-state index in [1.54, 1.807) is 0 Å². The van der Waals surface area contributed by atoms with Crippen LogP contribution in [0.3, 0.4) is 0 Å². The molecule has 1 amide bonds. The molecule has 150 valence electrons. The van der Waals surface area contributed by atoms with Crippen LogP contribution in [0.5, 0.6) is 0 Å². The van der Waals surface area contributed by atoms with E-state index in [2.05, 4.69) is 27.1 Å². The Hall–Kier alpha value is -2.48. The molecule has 0 saturated carbocycles. The Bertz CT molecular complexity index is 800. The first kappa shape index (κ1) is 20.3. The van der Waals surface area contributed by atoms with E-state index in [1.807, 2.05) is 24.3 Å². The van der Waals surface area contributed by atoms with Crippen molar-refractivity contribution in [3.8, 4) is 0 Å². The summed E-state index contributed by atoms with van der Waals surface area (Å²) in [5, 5.41) is 2.74. The molecule has 1 saturated heterocycles. The zero-order valence-corrected chi connectivity index (χ0v) is 15.7. The van der Waals surface area contributed by atoms with Crippen molar-refractivity contribution < 1.29 is 18.0 Å². The van der Waals surface area contributed by atoms with Crippen LogP contribution in [-0.4, -0.2) is 33.9 Å². The highest BCUT2D eigenvalue weighted by molar-refractivity contribution is 5.93. The number of carbonyl (C=O) groups excluding carboxylic acids is 1. The van der Waals surface area contributed by atoms with E-state index in [-0.39, 0.29) is 5.56 Å². The molecule has 8 heteroatoms. The van der Waals surface area contributed by atoms with E-state index < -0.39 is 17.9 Å². The largest absolute Gasteiger partial charge is 0.451 e. The smallest absolute Gasteiger partial charge is 0.348 e. The summed E-state index contributed by atoms with van der Waals surface area (Å²) in [4.78, 5) is 21.1. The van der Waals surface area contributed by atoms with Gasteiger partial charge in [0.05, 0.1) is 5.56 Å². The zero-order valence-electron chi connectivity index (χ0n) is 15.7. The number of carbonyl (C=O) groups is 1. The number of halogens is 3. The Kier molecular flexibility index (Phi) is 6.28. The Morgan fingerprint density at radius 3 is 2.36 bits per heavy atom. The van der Waals surface area contributed by atoms with Gasteiger partial charge >= 0.3 is 6.18 Å². The van der Waals surface area contributed by atoms with Crippen LogP contribution in [0.25, 0.3) is 0 Å². The fourth-order valence-electron chi connectivity index (χ4n) is 3.21. The topological polar surface area (TPSA) is 58.1 Å². The van der Waals surface area contributed by atoms with Gasteiger partial charge in [-0.3, -0.25) is 9.69 Å². The second kappa shape index (κ2) is 8.68. The van der Waals surface area contributed by atoms with Crippen molar-refractivity contribution >= 4 is 5.91 Å². The minimum Gasteiger partial charge on any atom is -0.348 e. The summed E-state index contributed by atoms with van der Waals surface area (Å²) in [6.07, 6.45) is -0.461. The van der Waals surface area contributed by atoms with Gasteiger partial charge in [-0.15, -0.1) is 0 Å². The number of alkyl halides is 3. The summed E-state index contributed by atoms with van der Waals surface area (Å²) < 4.78 is 37.6. The lowest BCUT2D eigenvalue weighted by Gasteiger charge is -2.30. The van der Waals surface area contributed by atoms with Crippen LogP contribution in [0.2, 0.25) is 0 Å². The van der Waals surface area contributed by atoms with Gasteiger partial charge in [-0.25, -0.2) is 9.97 Å². The maximum atomic E-state index is 12.5. The number of nitrogens with zero attached hydrogens (tertiary/aromatic N) is 3. The van der Waals surface area contributed by atoms with Gasteiger partial charge in [0.1, 0.15) is 0 Å². The molecule has 0 aliphatic carbocycles. The zero-order chi connectivity index (χ0) is 20.1. The number of amides is 1. The van der Waals surface area contributed by atoms with Crippen LogP contribution >= 0.6 is 0 Å². The van der Waals surface area contributed by atoms with Crippen LogP contribution in [0, 0.1) is 5.92 Å². The first-order chi connectivity index (χ1) is 13.3. The predicted octanol–water partition coefficient (Wildman–Crippen LogP) is 3.66. The summed E-state index contributed by atoms with van der Waals surface area (Å²) in [6, 6.07) is 7.87. The molecule has 0 radical (unpaired) electrons. The third kappa shape index (κ3) is 5.28. The number of hydrogen-bond donors (Lipinski definition) is 1. The van der Waals surface area contributed by atoms with Gasteiger partial charge in [0.2, 0.25) is 5.82 Å². The molecule has 1 N–H and O–H groups in total. The van der Waals surface area contributed by atoms with Gasteiger partial charge in [-0.2, -0.15) is 13.2 Å². The molecule has 0 atom stereocenters. The predicted molar refractivity (Wildman–Crippen MR) is 98.3 cm³/mol. The lowest BCUT2D eigenvalue weighted by Crippen LogP contribution is -2.33. The minimum absolute atomic E-state index is 0.00417. The quantitative estimate of drug-likeness (QED) is 0.844. The molecule has 3 rings (SSSR count). The summed E-state index contributed by atoms with van der Waals surface area (Å²) in [6.45, 7) is 5.50. The summed E-state index contributed by atoms with van der Waals surface area (Å²) >= 11 is 0. The lowest BCUT2D eigenvalue weighted by molar-refractivity contribution is -0.145. The number of aromatic nitrogens is 2. The molecule has 0 unspecified atom stereocenters. The van der Waals surface area contributed by atoms with Crippen molar-refractivity contribution in [1.82, 2.24) is 20.2 Å². The average molecular weight is 392 g/mol. The van der Waals surface area contributed by atoms with Crippen molar-refractivity contribution in [2.75, 3.05) is 13.1 Å². The Labute approximate surface area is 162 Å². The van der Waals surface area contributed by atoms with Crippen LogP contribution in [-0.2, 0) is 19.3 Å². The molecule has 2 aromatic rings. The summed E-state index contributed by atoms with van der Waals surface area (Å²) in [7, 11) is 0. The second-order valence-corrected chi connectivity index (χ2v) is 7.20. The summed E-state index contributed by atoms with van der Waals surface area (Å²) in [5.74, 6) is -1.00. The molecule has 5 nitrogen and oxygen atoms in total. The van der Waals surface area contributed by atoms with Crippen molar-refractivity contribution in [1.29, 1.82) is 0 Å². The molecule has 0 bridgehead atoms. The van der Waals surface area contributed by atoms with Crippen molar-refractivity contribution in [3.63, 3.8) is 0 Å². The van der Waals surface area contributed by atoms with Crippen LogP contribution in [0.4, 0.5) is 13.2 Å². The number of hydrogen-bond acceptors (Lipinski definition) is 4. The summed E-state index contributed by atoms with van der Waals surface area (Å²) in [5.41, 5.74) is 2.12. The molecule has 2 heterocycles. The SMILES string of the molecule is CC1CCN(Cc2ccccc2CNC(=O)c2cnc(C(F)(F)F)nc2)CC1. The number of benzene rings is 1. The first-order valence-corrected chi connectivity index (χ1v) is 9.29. The lowest BCUT2D eigenvalue weighted by atomic mass is 9.98. The maximum absolute atomic E-state index is 12.5. The van der Waals surface area contributed by atoms with E-state index in [0.717, 1.165) is 49.1 Å².